The van der Waals surface area contributed by atoms with Gasteiger partial charge in [-0.25, -0.2) is 4.79 Å². The smallest absolute Gasteiger partial charge is 0.337 e. The first-order chi connectivity index (χ1) is 12.7. The first-order valence-corrected chi connectivity index (χ1v) is 8.71. The van der Waals surface area contributed by atoms with E-state index in [9.17, 15) is 19.2 Å². The van der Waals surface area contributed by atoms with Crippen molar-refractivity contribution in [2.75, 3.05) is 38.6 Å². The molecule has 8 heteroatoms. The van der Waals surface area contributed by atoms with E-state index in [-0.39, 0.29) is 11.8 Å². The number of rotatable bonds is 4. The fraction of sp³-hybridized carbons (Fsp3) is 0.474. The normalized spacial score (nSPS) is 14.5. The molecule has 0 spiro atoms. The Bertz CT molecular complexity index is 751. The van der Waals surface area contributed by atoms with Gasteiger partial charge in [0.05, 0.1) is 12.7 Å². The van der Waals surface area contributed by atoms with Gasteiger partial charge in [0.1, 0.15) is 5.41 Å². The van der Waals surface area contributed by atoms with E-state index >= 15 is 0 Å². The molecule has 0 aromatic heterocycles. The highest BCUT2D eigenvalue weighted by Crippen LogP contribution is 2.23. The topological polar surface area (TPSA) is 96.0 Å². The molecule has 0 aliphatic carbocycles. The molecule has 1 aromatic carbocycles. The van der Waals surface area contributed by atoms with Gasteiger partial charge in [0.25, 0.3) is 0 Å². The summed E-state index contributed by atoms with van der Waals surface area (Å²) in [5.74, 6) is -1.30. The summed E-state index contributed by atoms with van der Waals surface area (Å²) in [5.41, 5.74) is -0.579. The molecule has 2 rings (SSSR count). The van der Waals surface area contributed by atoms with Crippen LogP contribution in [0.5, 0.6) is 0 Å². The van der Waals surface area contributed by atoms with Gasteiger partial charge in [-0.3, -0.25) is 14.4 Å². The Kier molecular flexibility index (Phi) is 6.20. The summed E-state index contributed by atoms with van der Waals surface area (Å²) in [4.78, 5) is 51.8. The van der Waals surface area contributed by atoms with Crippen molar-refractivity contribution >= 4 is 29.4 Å². The maximum atomic E-state index is 12.8. The van der Waals surface area contributed by atoms with E-state index in [1.807, 2.05) is 0 Å². The van der Waals surface area contributed by atoms with Crippen molar-refractivity contribution in [3.05, 3.63) is 29.8 Å². The number of hydrogen-bond acceptors (Lipinski definition) is 5. The largest absolute Gasteiger partial charge is 0.465 e. The van der Waals surface area contributed by atoms with E-state index in [1.165, 1.54) is 20.1 Å². The zero-order valence-corrected chi connectivity index (χ0v) is 16.1. The first-order valence-electron chi connectivity index (χ1n) is 8.71. The summed E-state index contributed by atoms with van der Waals surface area (Å²) < 4.78 is 4.67. The summed E-state index contributed by atoms with van der Waals surface area (Å²) in [5, 5.41) is 2.69. The van der Waals surface area contributed by atoms with Gasteiger partial charge in [0, 0.05) is 38.8 Å². The fourth-order valence-corrected chi connectivity index (χ4v) is 2.85. The second kappa shape index (κ2) is 8.20. The Balaban J connectivity index is 2.05. The van der Waals surface area contributed by atoms with Crippen LogP contribution in [0.25, 0.3) is 0 Å². The molecule has 146 valence electrons. The van der Waals surface area contributed by atoms with Gasteiger partial charge in [0.2, 0.25) is 17.7 Å². The number of methoxy groups -OCH3 is 1. The SMILES string of the molecule is COC(=O)c1cccc(NC(=O)C(C)(C)C(=O)N2CCN(C(C)=O)CC2)c1. The average Bonchev–Trinajstić information content (AvgIpc) is 2.66. The molecule has 3 amide bonds. The van der Waals surface area contributed by atoms with Crippen molar-refractivity contribution in [3.8, 4) is 0 Å². The summed E-state index contributed by atoms with van der Waals surface area (Å²) in [6.45, 7) is 6.33. The zero-order chi connectivity index (χ0) is 20.2. The number of carbonyl (C=O) groups is 4. The standard InChI is InChI=1S/C19H25N3O5/c1-13(23)21-8-10-22(11-9-21)18(26)19(2,3)17(25)20-15-7-5-6-14(12-15)16(24)27-4/h5-7,12H,8-11H2,1-4H3,(H,20,25). The molecule has 1 aliphatic heterocycles. The van der Waals surface area contributed by atoms with E-state index in [0.717, 1.165) is 0 Å². The summed E-state index contributed by atoms with van der Waals surface area (Å²) in [6.07, 6.45) is 0. The number of esters is 1. The van der Waals surface area contributed by atoms with Crippen molar-refractivity contribution < 1.29 is 23.9 Å². The van der Waals surface area contributed by atoms with Crippen LogP contribution in [-0.4, -0.2) is 66.8 Å². The van der Waals surface area contributed by atoms with Crippen LogP contribution < -0.4 is 5.32 Å². The van der Waals surface area contributed by atoms with Gasteiger partial charge >= 0.3 is 5.97 Å². The van der Waals surface area contributed by atoms with E-state index in [2.05, 4.69) is 10.1 Å². The van der Waals surface area contributed by atoms with Crippen LogP contribution in [0.2, 0.25) is 0 Å². The van der Waals surface area contributed by atoms with Crippen LogP contribution in [0.1, 0.15) is 31.1 Å². The predicted octanol–water partition coefficient (Wildman–Crippen LogP) is 1.13. The second-order valence-electron chi connectivity index (χ2n) is 6.95. The molecule has 0 atom stereocenters. The van der Waals surface area contributed by atoms with Gasteiger partial charge in [-0.2, -0.15) is 0 Å². The number of ether oxygens (including phenoxy) is 1. The minimum atomic E-state index is -1.29. The molecule has 1 aromatic rings. The number of carbonyl (C=O) groups excluding carboxylic acids is 4. The number of nitrogens with one attached hydrogen (secondary N) is 1. The lowest BCUT2D eigenvalue weighted by molar-refractivity contribution is -0.149. The number of amides is 3. The highest BCUT2D eigenvalue weighted by atomic mass is 16.5. The number of nitrogens with zero attached hydrogens (tertiary/aromatic N) is 2. The van der Waals surface area contributed by atoms with Gasteiger partial charge in [-0.1, -0.05) is 6.07 Å². The minimum absolute atomic E-state index is 0.0235. The van der Waals surface area contributed by atoms with E-state index in [1.54, 1.807) is 41.8 Å². The van der Waals surface area contributed by atoms with Gasteiger partial charge in [-0.05, 0) is 32.0 Å². The summed E-state index contributed by atoms with van der Waals surface area (Å²) in [6, 6.07) is 6.33. The Morgan fingerprint density at radius 1 is 1.04 bits per heavy atom. The molecule has 0 radical (unpaired) electrons. The monoisotopic (exact) mass is 375 g/mol. The van der Waals surface area contributed by atoms with Crippen molar-refractivity contribution in [1.82, 2.24) is 9.80 Å². The van der Waals surface area contributed by atoms with E-state index in [0.29, 0.717) is 37.4 Å². The molecule has 1 aliphatic rings. The number of hydrogen-bond donors (Lipinski definition) is 1. The van der Waals surface area contributed by atoms with Gasteiger partial charge < -0.3 is 19.9 Å². The lowest BCUT2D eigenvalue weighted by Gasteiger charge is -2.37. The van der Waals surface area contributed by atoms with Crippen LogP contribution in [0.4, 0.5) is 5.69 Å². The summed E-state index contributed by atoms with van der Waals surface area (Å²) >= 11 is 0. The molecule has 1 N–H and O–H groups in total. The molecule has 1 fully saturated rings. The third-order valence-corrected chi connectivity index (χ3v) is 4.66. The summed E-state index contributed by atoms with van der Waals surface area (Å²) in [7, 11) is 1.28. The van der Waals surface area contributed by atoms with Crippen LogP contribution >= 0.6 is 0 Å². The third kappa shape index (κ3) is 4.64. The molecule has 27 heavy (non-hydrogen) atoms. The predicted molar refractivity (Wildman–Crippen MR) is 99.0 cm³/mol. The van der Waals surface area contributed by atoms with Gasteiger partial charge in [-0.15, -0.1) is 0 Å². The van der Waals surface area contributed by atoms with E-state index < -0.39 is 17.3 Å². The van der Waals surface area contributed by atoms with Crippen molar-refractivity contribution in [2.45, 2.75) is 20.8 Å². The van der Waals surface area contributed by atoms with Crippen molar-refractivity contribution in [2.24, 2.45) is 5.41 Å². The Morgan fingerprint density at radius 3 is 2.19 bits per heavy atom. The Hall–Kier alpha value is -2.90. The van der Waals surface area contributed by atoms with Crippen molar-refractivity contribution in [3.63, 3.8) is 0 Å². The number of benzene rings is 1. The zero-order valence-electron chi connectivity index (χ0n) is 16.1. The second-order valence-corrected chi connectivity index (χ2v) is 6.95. The number of anilines is 1. The van der Waals surface area contributed by atoms with Crippen LogP contribution in [0, 0.1) is 5.41 Å². The lowest BCUT2D eigenvalue weighted by atomic mass is 9.89. The molecule has 0 saturated carbocycles. The lowest BCUT2D eigenvalue weighted by Crippen LogP contribution is -2.55. The highest BCUT2D eigenvalue weighted by molar-refractivity contribution is 6.10. The van der Waals surface area contributed by atoms with Crippen LogP contribution in [0.3, 0.4) is 0 Å². The molecule has 0 bridgehead atoms. The maximum Gasteiger partial charge on any atom is 0.337 e. The third-order valence-electron chi connectivity index (χ3n) is 4.66. The Morgan fingerprint density at radius 2 is 1.63 bits per heavy atom. The quantitative estimate of drug-likeness (QED) is 0.629. The van der Waals surface area contributed by atoms with Crippen LogP contribution in [0.15, 0.2) is 24.3 Å². The molecule has 8 nitrogen and oxygen atoms in total. The number of piperazine rings is 1. The molecular weight excluding hydrogens is 350 g/mol. The average molecular weight is 375 g/mol. The highest BCUT2D eigenvalue weighted by Gasteiger charge is 2.40. The van der Waals surface area contributed by atoms with Gasteiger partial charge in [0.15, 0.2) is 0 Å². The minimum Gasteiger partial charge on any atom is -0.465 e. The Labute approximate surface area is 158 Å². The molecule has 1 saturated heterocycles. The molecule has 0 unspecified atom stereocenters. The molecular formula is C19H25N3O5. The van der Waals surface area contributed by atoms with E-state index in [4.69, 9.17) is 0 Å². The van der Waals surface area contributed by atoms with Crippen molar-refractivity contribution in [1.29, 1.82) is 0 Å². The fourth-order valence-electron chi connectivity index (χ4n) is 2.85. The first kappa shape index (κ1) is 20.4. The maximum absolute atomic E-state index is 12.8. The van der Waals surface area contributed by atoms with Crippen LogP contribution in [-0.2, 0) is 19.1 Å². The molecule has 1 heterocycles.